The minimum absolute atomic E-state index is 0.198. The molecule has 2 aromatic heterocycles. The normalized spacial score (nSPS) is 10.6. The summed E-state index contributed by atoms with van der Waals surface area (Å²) in [5.74, 6) is -0.369. The first-order chi connectivity index (χ1) is 10.7. The quantitative estimate of drug-likeness (QED) is 0.802. The van der Waals surface area contributed by atoms with Crippen LogP contribution in [0.2, 0.25) is 0 Å². The Morgan fingerprint density at radius 2 is 1.95 bits per heavy atom. The number of nitrogens with zero attached hydrogens (tertiary/aromatic N) is 3. The number of aromatic nitrogens is 3. The molecule has 110 valence electrons. The summed E-state index contributed by atoms with van der Waals surface area (Å²) in [5.41, 5.74) is 0.601. The molecule has 22 heavy (non-hydrogen) atoms. The molecule has 0 aliphatic heterocycles. The Kier molecular flexibility index (Phi) is 3.65. The van der Waals surface area contributed by atoms with Gasteiger partial charge in [-0.15, -0.1) is 0 Å². The smallest absolute Gasteiger partial charge is 0.276 e. The van der Waals surface area contributed by atoms with Crippen LogP contribution in [0.25, 0.3) is 10.8 Å². The van der Waals surface area contributed by atoms with Crippen LogP contribution in [-0.2, 0) is 6.54 Å². The molecule has 0 radical (unpaired) electrons. The number of nitrogens with one attached hydrogen (secondary N) is 1. The number of anilines is 1. The number of hydrogen-bond donors (Lipinski definition) is 1. The number of aryl methyl sites for hydroxylation is 1. The van der Waals surface area contributed by atoms with E-state index in [1.165, 1.54) is 4.68 Å². The Labute approximate surface area is 126 Å². The van der Waals surface area contributed by atoms with E-state index in [0.29, 0.717) is 23.0 Å². The molecular weight excluding hydrogens is 280 g/mol. The van der Waals surface area contributed by atoms with Crippen LogP contribution < -0.4 is 10.9 Å². The van der Waals surface area contributed by atoms with Crippen LogP contribution in [0.5, 0.6) is 0 Å². The van der Waals surface area contributed by atoms with E-state index in [2.05, 4.69) is 15.4 Å². The van der Waals surface area contributed by atoms with Gasteiger partial charge in [-0.25, -0.2) is 4.68 Å². The third-order valence-electron chi connectivity index (χ3n) is 3.30. The summed E-state index contributed by atoms with van der Waals surface area (Å²) in [6.07, 6.45) is 3.18. The van der Waals surface area contributed by atoms with Crippen molar-refractivity contribution in [1.29, 1.82) is 0 Å². The van der Waals surface area contributed by atoms with Crippen LogP contribution >= 0.6 is 0 Å². The summed E-state index contributed by atoms with van der Waals surface area (Å²) < 4.78 is 1.29. The standard InChI is InChI=1S/C16H14N4O2/c1-2-20-16(22)13-8-4-3-7-12(13)14(19-20)15(21)18-11-6-5-9-17-10-11/h3-10H,2H2,1H3,(H,18,21). The van der Waals surface area contributed by atoms with Gasteiger partial charge in [-0.1, -0.05) is 18.2 Å². The molecule has 0 aliphatic rings. The highest BCUT2D eigenvalue weighted by Gasteiger charge is 2.16. The molecule has 0 spiro atoms. The third kappa shape index (κ3) is 2.46. The first-order valence-electron chi connectivity index (χ1n) is 6.92. The molecule has 0 atom stereocenters. The number of hydrogen-bond acceptors (Lipinski definition) is 4. The molecule has 1 N–H and O–H groups in total. The van der Waals surface area contributed by atoms with Gasteiger partial charge in [0.05, 0.1) is 17.3 Å². The SMILES string of the molecule is CCn1nc(C(=O)Nc2cccnc2)c2ccccc2c1=O. The zero-order valence-electron chi connectivity index (χ0n) is 12.0. The van der Waals surface area contributed by atoms with Crippen LogP contribution in [0.15, 0.2) is 53.6 Å². The Morgan fingerprint density at radius 1 is 1.18 bits per heavy atom. The van der Waals surface area contributed by atoms with Gasteiger partial charge in [-0.3, -0.25) is 14.6 Å². The molecule has 3 rings (SSSR count). The summed E-state index contributed by atoms with van der Waals surface area (Å²) in [4.78, 5) is 28.7. The molecule has 0 bridgehead atoms. The average molecular weight is 294 g/mol. The largest absolute Gasteiger partial charge is 0.319 e. The molecule has 0 saturated carbocycles. The summed E-state index contributed by atoms with van der Waals surface area (Å²) in [6.45, 7) is 2.21. The average Bonchev–Trinajstić information content (AvgIpc) is 2.56. The first-order valence-corrected chi connectivity index (χ1v) is 6.92. The van der Waals surface area contributed by atoms with Crippen molar-refractivity contribution in [2.75, 3.05) is 5.32 Å². The lowest BCUT2D eigenvalue weighted by Gasteiger charge is -2.09. The lowest BCUT2D eigenvalue weighted by Crippen LogP contribution is -2.27. The fourth-order valence-electron chi connectivity index (χ4n) is 2.24. The van der Waals surface area contributed by atoms with E-state index in [4.69, 9.17) is 0 Å². The van der Waals surface area contributed by atoms with Crippen molar-refractivity contribution in [2.24, 2.45) is 0 Å². The fourth-order valence-corrected chi connectivity index (χ4v) is 2.24. The van der Waals surface area contributed by atoms with Gasteiger partial charge in [-0.2, -0.15) is 5.10 Å². The Morgan fingerprint density at radius 3 is 2.64 bits per heavy atom. The van der Waals surface area contributed by atoms with E-state index in [0.717, 1.165) is 0 Å². The van der Waals surface area contributed by atoms with Gasteiger partial charge in [0.25, 0.3) is 11.5 Å². The lowest BCUT2D eigenvalue weighted by molar-refractivity contribution is 0.102. The first kappa shape index (κ1) is 13.9. The number of amides is 1. The second-order valence-corrected chi connectivity index (χ2v) is 4.71. The van der Waals surface area contributed by atoms with Gasteiger partial charge in [-0.05, 0) is 25.1 Å². The Bertz CT molecular complexity index is 888. The molecule has 1 aromatic carbocycles. The van der Waals surface area contributed by atoms with Gasteiger partial charge in [0.2, 0.25) is 0 Å². The van der Waals surface area contributed by atoms with Crippen molar-refractivity contribution in [1.82, 2.24) is 14.8 Å². The second kappa shape index (κ2) is 5.77. The van der Waals surface area contributed by atoms with E-state index in [1.807, 2.05) is 6.92 Å². The maximum atomic E-state index is 12.5. The molecule has 0 aliphatic carbocycles. The zero-order chi connectivity index (χ0) is 15.5. The highest BCUT2D eigenvalue weighted by atomic mass is 16.2. The van der Waals surface area contributed by atoms with Gasteiger partial charge < -0.3 is 5.32 Å². The maximum absolute atomic E-state index is 12.5. The number of carbonyl (C=O) groups excluding carboxylic acids is 1. The number of fused-ring (bicyclic) bond motifs is 1. The van der Waals surface area contributed by atoms with E-state index in [-0.39, 0.29) is 17.2 Å². The number of rotatable bonds is 3. The second-order valence-electron chi connectivity index (χ2n) is 4.71. The van der Waals surface area contributed by atoms with Crippen molar-refractivity contribution in [3.05, 3.63) is 64.8 Å². The Hall–Kier alpha value is -3.02. The lowest BCUT2D eigenvalue weighted by atomic mass is 10.1. The van der Waals surface area contributed by atoms with Gasteiger partial charge in [0.1, 0.15) is 0 Å². The maximum Gasteiger partial charge on any atom is 0.276 e. The summed E-state index contributed by atoms with van der Waals surface area (Å²) in [6, 6.07) is 10.4. The summed E-state index contributed by atoms with van der Waals surface area (Å²) in [5, 5.41) is 7.95. The van der Waals surface area contributed by atoms with Crippen LogP contribution in [0.3, 0.4) is 0 Å². The third-order valence-corrected chi connectivity index (χ3v) is 3.30. The van der Waals surface area contributed by atoms with Crippen LogP contribution in [0, 0.1) is 0 Å². The van der Waals surface area contributed by atoms with Crippen LogP contribution in [0.4, 0.5) is 5.69 Å². The molecule has 0 unspecified atom stereocenters. The minimum atomic E-state index is -0.369. The highest BCUT2D eigenvalue weighted by molar-refractivity contribution is 6.11. The molecule has 6 nitrogen and oxygen atoms in total. The molecular formula is C16H14N4O2. The molecule has 0 saturated heterocycles. The number of pyridine rings is 1. The van der Waals surface area contributed by atoms with Gasteiger partial charge >= 0.3 is 0 Å². The van der Waals surface area contributed by atoms with Crippen molar-refractivity contribution >= 4 is 22.4 Å². The van der Waals surface area contributed by atoms with E-state index in [1.54, 1.807) is 48.8 Å². The predicted molar refractivity (Wildman–Crippen MR) is 83.9 cm³/mol. The fraction of sp³-hybridized carbons (Fsp3) is 0.125. The number of carbonyl (C=O) groups is 1. The minimum Gasteiger partial charge on any atom is -0.319 e. The highest BCUT2D eigenvalue weighted by Crippen LogP contribution is 2.15. The molecule has 6 heteroatoms. The molecule has 2 heterocycles. The molecule has 1 amide bonds. The van der Waals surface area contributed by atoms with Crippen molar-refractivity contribution in [3.8, 4) is 0 Å². The molecule has 0 fully saturated rings. The zero-order valence-corrected chi connectivity index (χ0v) is 12.0. The van der Waals surface area contributed by atoms with Gasteiger partial charge in [0.15, 0.2) is 5.69 Å². The van der Waals surface area contributed by atoms with Crippen molar-refractivity contribution < 1.29 is 4.79 Å². The molecule has 3 aromatic rings. The van der Waals surface area contributed by atoms with E-state index in [9.17, 15) is 9.59 Å². The van der Waals surface area contributed by atoms with Crippen molar-refractivity contribution in [2.45, 2.75) is 13.5 Å². The van der Waals surface area contributed by atoms with Crippen molar-refractivity contribution in [3.63, 3.8) is 0 Å². The monoisotopic (exact) mass is 294 g/mol. The Balaban J connectivity index is 2.12. The topological polar surface area (TPSA) is 76.9 Å². The van der Waals surface area contributed by atoms with Crippen LogP contribution in [-0.4, -0.2) is 20.7 Å². The van der Waals surface area contributed by atoms with E-state index < -0.39 is 0 Å². The van der Waals surface area contributed by atoms with Crippen LogP contribution in [0.1, 0.15) is 17.4 Å². The van der Waals surface area contributed by atoms with E-state index >= 15 is 0 Å². The predicted octanol–water partition coefficient (Wildman–Crippen LogP) is 2.06. The summed E-state index contributed by atoms with van der Waals surface area (Å²) in [7, 11) is 0. The summed E-state index contributed by atoms with van der Waals surface area (Å²) >= 11 is 0. The number of benzene rings is 1. The van der Waals surface area contributed by atoms with Gasteiger partial charge in [0, 0.05) is 18.1 Å².